The second-order valence-corrected chi connectivity index (χ2v) is 5.94. The average molecular weight is 313 g/mol. The number of methoxy groups -OCH3 is 1. The van der Waals surface area contributed by atoms with Gasteiger partial charge in [0.1, 0.15) is 0 Å². The van der Waals surface area contributed by atoms with Crippen molar-refractivity contribution in [1.29, 1.82) is 0 Å². The van der Waals surface area contributed by atoms with E-state index in [0.717, 1.165) is 23.5 Å². The highest BCUT2D eigenvalue weighted by molar-refractivity contribution is 5.47. The van der Waals surface area contributed by atoms with E-state index in [1.807, 2.05) is 19.1 Å². The first kappa shape index (κ1) is 17.4. The minimum Gasteiger partial charge on any atom is -0.493 e. The van der Waals surface area contributed by atoms with Crippen LogP contribution in [0, 0.1) is 13.8 Å². The summed E-state index contributed by atoms with van der Waals surface area (Å²) in [6.07, 6.45) is 0.837. The molecule has 1 atom stereocenters. The fourth-order valence-corrected chi connectivity index (χ4v) is 3.07. The van der Waals surface area contributed by atoms with Crippen molar-refractivity contribution in [3.05, 3.63) is 58.7 Å². The van der Waals surface area contributed by atoms with E-state index in [-0.39, 0.29) is 5.92 Å². The van der Waals surface area contributed by atoms with Crippen LogP contribution in [0.2, 0.25) is 0 Å². The smallest absolute Gasteiger partial charge is 0.163 e. The SMILES string of the molecule is CCOc1cccc(CC(CN)c2cc(C)cc(C)c2)c1OC. The minimum atomic E-state index is 0.263. The molecule has 0 aliphatic heterocycles. The number of hydrogen-bond donors (Lipinski definition) is 1. The van der Waals surface area contributed by atoms with E-state index in [2.05, 4.69) is 38.1 Å². The Labute approximate surface area is 139 Å². The van der Waals surface area contributed by atoms with E-state index in [0.29, 0.717) is 13.2 Å². The van der Waals surface area contributed by atoms with Crippen molar-refractivity contribution < 1.29 is 9.47 Å². The minimum absolute atomic E-state index is 0.263. The summed E-state index contributed by atoms with van der Waals surface area (Å²) in [5.74, 6) is 1.88. The molecule has 3 heteroatoms. The molecule has 0 fully saturated rings. The van der Waals surface area contributed by atoms with E-state index >= 15 is 0 Å². The van der Waals surface area contributed by atoms with Crippen LogP contribution in [0.3, 0.4) is 0 Å². The lowest BCUT2D eigenvalue weighted by Gasteiger charge is -2.20. The van der Waals surface area contributed by atoms with Crippen LogP contribution in [0.1, 0.15) is 35.1 Å². The molecule has 0 radical (unpaired) electrons. The summed E-state index contributed by atoms with van der Waals surface area (Å²) in [5.41, 5.74) is 11.0. The van der Waals surface area contributed by atoms with Gasteiger partial charge in [0.2, 0.25) is 0 Å². The maximum absolute atomic E-state index is 6.07. The molecule has 0 aliphatic carbocycles. The van der Waals surface area contributed by atoms with Crippen LogP contribution in [0.15, 0.2) is 36.4 Å². The molecule has 2 aromatic rings. The van der Waals surface area contributed by atoms with Gasteiger partial charge in [-0.3, -0.25) is 0 Å². The van der Waals surface area contributed by atoms with Crippen molar-refractivity contribution in [2.75, 3.05) is 20.3 Å². The number of para-hydroxylation sites is 1. The molecule has 3 nitrogen and oxygen atoms in total. The molecular weight excluding hydrogens is 286 g/mol. The number of aryl methyl sites for hydroxylation is 2. The normalized spacial score (nSPS) is 12.0. The summed E-state index contributed by atoms with van der Waals surface area (Å²) in [6, 6.07) is 12.7. The van der Waals surface area contributed by atoms with Crippen LogP contribution in [0.5, 0.6) is 11.5 Å². The third-order valence-electron chi connectivity index (χ3n) is 4.03. The molecule has 2 N–H and O–H groups in total. The van der Waals surface area contributed by atoms with Crippen LogP contribution in [-0.4, -0.2) is 20.3 Å². The first-order chi connectivity index (χ1) is 11.1. The molecule has 2 rings (SSSR count). The molecule has 0 saturated heterocycles. The van der Waals surface area contributed by atoms with Crippen LogP contribution in [0.25, 0.3) is 0 Å². The molecule has 2 aromatic carbocycles. The Balaban J connectivity index is 2.33. The van der Waals surface area contributed by atoms with Crippen LogP contribution in [0.4, 0.5) is 0 Å². The predicted octanol–water partition coefficient (Wildman–Crippen LogP) is 4.00. The van der Waals surface area contributed by atoms with E-state index in [1.165, 1.54) is 16.7 Å². The molecule has 124 valence electrons. The summed E-state index contributed by atoms with van der Waals surface area (Å²) in [5, 5.41) is 0. The Morgan fingerprint density at radius 2 is 1.78 bits per heavy atom. The van der Waals surface area contributed by atoms with Gasteiger partial charge in [-0.25, -0.2) is 0 Å². The van der Waals surface area contributed by atoms with Gasteiger partial charge < -0.3 is 15.2 Å². The molecule has 0 heterocycles. The Hall–Kier alpha value is -2.00. The fraction of sp³-hybridized carbons (Fsp3) is 0.400. The molecule has 0 saturated carbocycles. The summed E-state index contributed by atoms with van der Waals surface area (Å²) in [6.45, 7) is 7.45. The highest BCUT2D eigenvalue weighted by Gasteiger charge is 2.17. The predicted molar refractivity (Wildman–Crippen MR) is 95.6 cm³/mol. The zero-order valence-corrected chi connectivity index (χ0v) is 14.6. The fourth-order valence-electron chi connectivity index (χ4n) is 3.07. The molecule has 0 amide bonds. The molecular formula is C20H27NO2. The largest absolute Gasteiger partial charge is 0.493 e. The van der Waals surface area contributed by atoms with Gasteiger partial charge in [0.05, 0.1) is 13.7 Å². The quantitative estimate of drug-likeness (QED) is 0.840. The Kier molecular flexibility index (Phi) is 6.05. The van der Waals surface area contributed by atoms with Crippen LogP contribution < -0.4 is 15.2 Å². The number of ether oxygens (including phenoxy) is 2. The summed E-state index contributed by atoms with van der Waals surface area (Å²) >= 11 is 0. The standard InChI is InChI=1S/C20H27NO2/c1-5-23-19-8-6-7-16(20(19)22-4)12-18(13-21)17-10-14(2)9-15(3)11-17/h6-11,18H,5,12-13,21H2,1-4H3. The van der Waals surface area contributed by atoms with Gasteiger partial charge in [0, 0.05) is 5.92 Å². The van der Waals surface area contributed by atoms with E-state index in [9.17, 15) is 0 Å². The number of benzene rings is 2. The van der Waals surface area contributed by atoms with Crippen LogP contribution >= 0.6 is 0 Å². The summed E-state index contributed by atoms with van der Waals surface area (Å²) < 4.78 is 11.3. The molecule has 0 spiro atoms. The Morgan fingerprint density at radius 1 is 1.09 bits per heavy atom. The van der Waals surface area contributed by atoms with Crippen molar-refractivity contribution >= 4 is 0 Å². The van der Waals surface area contributed by atoms with Gasteiger partial charge in [-0.05, 0) is 50.9 Å². The van der Waals surface area contributed by atoms with Crippen molar-refractivity contribution in [3.63, 3.8) is 0 Å². The average Bonchev–Trinajstić information content (AvgIpc) is 2.52. The number of hydrogen-bond acceptors (Lipinski definition) is 3. The molecule has 0 bridgehead atoms. The lowest BCUT2D eigenvalue weighted by atomic mass is 9.89. The highest BCUT2D eigenvalue weighted by Crippen LogP contribution is 2.34. The van der Waals surface area contributed by atoms with Gasteiger partial charge in [0.15, 0.2) is 11.5 Å². The van der Waals surface area contributed by atoms with E-state index in [1.54, 1.807) is 7.11 Å². The number of rotatable bonds is 7. The number of nitrogens with two attached hydrogens (primary N) is 1. The zero-order chi connectivity index (χ0) is 16.8. The third-order valence-corrected chi connectivity index (χ3v) is 4.03. The van der Waals surface area contributed by atoms with Crippen molar-refractivity contribution in [2.45, 2.75) is 33.1 Å². The lowest BCUT2D eigenvalue weighted by molar-refractivity contribution is 0.309. The van der Waals surface area contributed by atoms with Crippen molar-refractivity contribution in [2.24, 2.45) is 5.73 Å². The van der Waals surface area contributed by atoms with Crippen molar-refractivity contribution in [1.82, 2.24) is 0 Å². The molecule has 0 aliphatic rings. The third kappa shape index (κ3) is 4.26. The maximum atomic E-state index is 6.07. The van der Waals surface area contributed by atoms with Crippen LogP contribution in [-0.2, 0) is 6.42 Å². The van der Waals surface area contributed by atoms with Gasteiger partial charge in [0.25, 0.3) is 0 Å². The van der Waals surface area contributed by atoms with Gasteiger partial charge in [-0.2, -0.15) is 0 Å². The monoisotopic (exact) mass is 313 g/mol. The first-order valence-corrected chi connectivity index (χ1v) is 8.16. The van der Waals surface area contributed by atoms with Gasteiger partial charge in [-0.15, -0.1) is 0 Å². The first-order valence-electron chi connectivity index (χ1n) is 8.16. The second-order valence-electron chi connectivity index (χ2n) is 5.94. The lowest BCUT2D eigenvalue weighted by Crippen LogP contribution is -2.16. The summed E-state index contributed by atoms with van der Waals surface area (Å²) in [7, 11) is 1.69. The zero-order valence-electron chi connectivity index (χ0n) is 14.6. The maximum Gasteiger partial charge on any atom is 0.163 e. The van der Waals surface area contributed by atoms with Gasteiger partial charge in [-0.1, -0.05) is 41.5 Å². The second kappa shape index (κ2) is 8.02. The molecule has 0 aromatic heterocycles. The van der Waals surface area contributed by atoms with E-state index in [4.69, 9.17) is 15.2 Å². The Bertz CT molecular complexity index is 632. The Morgan fingerprint density at radius 3 is 2.35 bits per heavy atom. The molecule has 1 unspecified atom stereocenters. The van der Waals surface area contributed by atoms with Crippen molar-refractivity contribution in [3.8, 4) is 11.5 Å². The van der Waals surface area contributed by atoms with E-state index < -0.39 is 0 Å². The van der Waals surface area contributed by atoms with Gasteiger partial charge >= 0.3 is 0 Å². The summed E-state index contributed by atoms with van der Waals surface area (Å²) in [4.78, 5) is 0. The molecule has 23 heavy (non-hydrogen) atoms. The topological polar surface area (TPSA) is 44.5 Å². The highest BCUT2D eigenvalue weighted by atomic mass is 16.5.